The van der Waals surface area contributed by atoms with Crippen LogP contribution in [0, 0.1) is 5.92 Å². The van der Waals surface area contributed by atoms with E-state index >= 15 is 0 Å². The summed E-state index contributed by atoms with van der Waals surface area (Å²) in [6, 6.07) is 7.04. The number of rotatable bonds is 9. The Hall–Kier alpha value is -2.12. The van der Waals surface area contributed by atoms with E-state index < -0.39 is 18.0 Å². The van der Waals surface area contributed by atoms with E-state index in [1.165, 1.54) is 0 Å². The summed E-state index contributed by atoms with van der Waals surface area (Å²) in [5.41, 5.74) is 0.775. The number of hydrogen-bond acceptors (Lipinski definition) is 7. The van der Waals surface area contributed by atoms with E-state index in [2.05, 4.69) is 4.84 Å². The van der Waals surface area contributed by atoms with Crippen molar-refractivity contribution >= 4 is 11.9 Å². The average Bonchev–Trinajstić information content (AvgIpc) is 2.56. The van der Waals surface area contributed by atoms with Gasteiger partial charge in [-0.05, 0) is 23.6 Å². The van der Waals surface area contributed by atoms with Crippen molar-refractivity contribution in [3.05, 3.63) is 29.8 Å². The minimum atomic E-state index is -1.19. The van der Waals surface area contributed by atoms with Crippen LogP contribution in [0.5, 0.6) is 5.75 Å². The summed E-state index contributed by atoms with van der Waals surface area (Å²) in [6.07, 6.45) is -1.47. The highest BCUT2D eigenvalue weighted by Crippen LogP contribution is 2.12. The SMILES string of the molecule is COc1ccc(COC(=O)C(CC(=O)OCC(C)C)ON)cc1. The van der Waals surface area contributed by atoms with Crippen LogP contribution in [-0.2, 0) is 30.5 Å². The van der Waals surface area contributed by atoms with Crippen molar-refractivity contribution in [1.82, 2.24) is 0 Å². The first kappa shape index (κ1) is 18.9. The van der Waals surface area contributed by atoms with Gasteiger partial charge in [0, 0.05) is 0 Å². The van der Waals surface area contributed by atoms with Gasteiger partial charge in [-0.25, -0.2) is 10.7 Å². The van der Waals surface area contributed by atoms with Gasteiger partial charge in [-0.2, -0.15) is 0 Å². The van der Waals surface area contributed by atoms with Gasteiger partial charge in [-0.1, -0.05) is 26.0 Å². The zero-order chi connectivity index (χ0) is 17.2. The van der Waals surface area contributed by atoms with Gasteiger partial charge in [-0.3, -0.25) is 9.63 Å². The van der Waals surface area contributed by atoms with Crippen LogP contribution in [0.15, 0.2) is 24.3 Å². The molecule has 23 heavy (non-hydrogen) atoms. The molecule has 1 unspecified atom stereocenters. The fourth-order valence-corrected chi connectivity index (χ4v) is 1.63. The van der Waals surface area contributed by atoms with Crippen LogP contribution in [0.1, 0.15) is 25.8 Å². The van der Waals surface area contributed by atoms with Crippen LogP contribution >= 0.6 is 0 Å². The minimum absolute atomic E-state index is 0.0454. The Labute approximate surface area is 135 Å². The third kappa shape index (κ3) is 7.12. The Morgan fingerprint density at radius 3 is 2.30 bits per heavy atom. The lowest BCUT2D eigenvalue weighted by Crippen LogP contribution is -2.32. The highest BCUT2D eigenvalue weighted by molar-refractivity contribution is 5.81. The number of esters is 2. The molecule has 0 amide bonds. The van der Waals surface area contributed by atoms with E-state index in [-0.39, 0.29) is 25.6 Å². The third-order valence-corrected chi connectivity index (χ3v) is 2.90. The number of benzene rings is 1. The van der Waals surface area contributed by atoms with Crippen molar-refractivity contribution < 1.29 is 28.6 Å². The molecule has 0 bridgehead atoms. The van der Waals surface area contributed by atoms with Crippen LogP contribution in [-0.4, -0.2) is 31.8 Å². The predicted molar refractivity (Wildman–Crippen MR) is 82.3 cm³/mol. The lowest BCUT2D eigenvalue weighted by Gasteiger charge is -2.14. The molecule has 0 aromatic heterocycles. The molecule has 0 aliphatic rings. The normalized spacial score (nSPS) is 11.9. The van der Waals surface area contributed by atoms with Gasteiger partial charge < -0.3 is 14.2 Å². The second-order valence-corrected chi connectivity index (χ2v) is 5.36. The van der Waals surface area contributed by atoms with Crippen molar-refractivity contribution in [1.29, 1.82) is 0 Å². The third-order valence-electron chi connectivity index (χ3n) is 2.90. The lowest BCUT2D eigenvalue weighted by molar-refractivity contribution is -0.165. The monoisotopic (exact) mass is 325 g/mol. The van der Waals surface area contributed by atoms with Crippen molar-refractivity contribution in [3.8, 4) is 5.75 Å². The summed E-state index contributed by atoms with van der Waals surface area (Å²) >= 11 is 0. The first-order chi connectivity index (χ1) is 11.0. The molecule has 7 nitrogen and oxygen atoms in total. The van der Waals surface area contributed by atoms with E-state index in [0.29, 0.717) is 5.75 Å². The van der Waals surface area contributed by atoms with Crippen molar-refractivity contribution in [2.45, 2.75) is 33.0 Å². The molecular formula is C16H23NO6. The number of hydrogen-bond donors (Lipinski definition) is 1. The van der Waals surface area contributed by atoms with Crippen LogP contribution in [0.2, 0.25) is 0 Å². The average molecular weight is 325 g/mol. The minimum Gasteiger partial charge on any atom is -0.497 e. The molecule has 2 N–H and O–H groups in total. The first-order valence-corrected chi connectivity index (χ1v) is 7.27. The van der Waals surface area contributed by atoms with Gasteiger partial charge in [0.25, 0.3) is 0 Å². The Morgan fingerprint density at radius 2 is 1.78 bits per heavy atom. The molecule has 1 aromatic carbocycles. The molecule has 0 radical (unpaired) electrons. The fraction of sp³-hybridized carbons (Fsp3) is 0.500. The molecule has 1 rings (SSSR count). The topological polar surface area (TPSA) is 97.1 Å². The summed E-state index contributed by atoms with van der Waals surface area (Å²) in [4.78, 5) is 28.0. The largest absolute Gasteiger partial charge is 0.497 e. The van der Waals surface area contributed by atoms with Gasteiger partial charge in [-0.15, -0.1) is 0 Å². The Morgan fingerprint density at radius 1 is 1.13 bits per heavy atom. The van der Waals surface area contributed by atoms with Crippen LogP contribution in [0.4, 0.5) is 0 Å². The van der Waals surface area contributed by atoms with E-state index in [0.717, 1.165) is 5.56 Å². The Kier molecular flexibility index (Phi) is 8.07. The van der Waals surface area contributed by atoms with Crippen molar-refractivity contribution in [2.75, 3.05) is 13.7 Å². The second-order valence-electron chi connectivity index (χ2n) is 5.36. The van der Waals surface area contributed by atoms with E-state index in [1.54, 1.807) is 31.4 Å². The molecule has 0 saturated heterocycles. The van der Waals surface area contributed by atoms with Gasteiger partial charge in [0.15, 0.2) is 6.10 Å². The van der Waals surface area contributed by atoms with Crippen molar-refractivity contribution in [3.63, 3.8) is 0 Å². The van der Waals surface area contributed by atoms with Crippen LogP contribution in [0.25, 0.3) is 0 Å². The molecule has 0 heterocycles. The summed E-state index contributed by atoms with van der Waals surface area (Å²) in [5, 5.41) is 0. The highest BCUT2D eigenvalue weighted by atomic mass is 16.7. The molecule has 0 aliphatic heterocycles. The summed E-state index contributed by atoms with van der Waals surface area (Å²) < 4.78 is 15.1. The van der Waals surface area contributed by atoms with Gasteiger partial charge >= 0.3 is 11.9 Å². The molecule has 1 atom stereocenters. The fourth-order valence-electron chi connectivity index (χ4n) is 1.63. The molecule has 1 aromatic rings. The molecule has 128 valence electrons. The van der Waals surface area contributed by atoms with Gasteiger partial charge in [0.2, 0.25) is 0 Å². The molecule has 0 fully saturated rings. The number of carbonyl (C=O) groups excluding carboxylic acids is 2. The zero-order valence-electron chi connectivity index (χ0n) is 13.6. The summed E-state index contributed by atoms with van der Waals surface area (Å²) in [6.45, 7) is 4.14. The van der Waals surface area contributed by atoms with Crippen LogP contribution < -0.4 is 10.6 Å². The molecule has 7 heteroatoms. The number of methoxy groups -OCH3 is 1. The van der Waals surface area contributed by atoms with E-state index in [9.17, 15) is 9.59 Å². The number of carbonyl (C=O) groups is 2. The second kappa shape index (κ2) is 9.81. The van der Waals surface area contributed by atoms with E-state index in [1.807, 2.05) is 13.8 Å². The maximum atomic E-state index is 11.9. The maximum Gasteiger partial charge on any atom is 0.338 e. The Bertz CT molecular complexity index is 500. The van der Waals surface area contributed by atoms with Crippen LogP contribution in [0.3, 0.4) is 0 Å². The van der Waals surface area contributed by atoms with Gasteiger partial charge in [0.1, 0.15) is 12.4 Å². The van der Waals surface area contributed by atoms with Crippen molar-refractivity contribution in [2.24, 2.45) is 11.8 Å². The first-order valence-electron chi connectivity index (χ1n) is 7.27. The highest BCUT2D eigenvalue weighted by Gasteiger charge is 2.25. The Balaban J connectivity index is 2.44. The molecule has 0 saturated carbocycles. The molecule has 0 aliphatic carbocycles. The maximum absolute atomic E-state index is 11.9. The molecular weight excluding hydrogens is 302 g/mol. The van der Waals surface area contributed by atoms with E-state index in [4.69, 9.17) is 20.1 Å². The predicted octanol–water partition coefficient (Wildman–Crippen LogP) is 1.59. The molecule has 0 spiro atoms. The lowest BCUT2D eigenvalue weighted by atomic mass is 10.2. The summed E-state index contributed by atoms with van der Waals surface area (Å²) in [5.74, 6) is 4.69. The zero-order valence-corrected chi connectivity index (χ0v) is 13.6. The van der Waals surface area contributed by atoms with Gasteiger partial charge in [0.05, 0.1) is 20.1 Å². The summed E-state index contributed by atoms with van der Waals surface area (Å²) in [7, 11) is 1.57. The standard InChI is InChI=1S/C16H23NO6/c1-11(2)9-21-15(18)8-14(23-17)16(19)22-10-12-4-6-13(20-3)7-5-12/h4-7,11,14H,8-10,17H2,1-3H3. The smallest absolute Gasteiger partial charge is 0.338 e. The number of ether oxygens (including phenoxy) is 3. The number of nitrogens with two attached hydrogens (primary N) is 1. The quantitative estimate of drug-likeness (QED) is 0.544.